The van der Waals surface area contributed by atoms with E-state index in [9.17, 15) is 14.4 Å². The van der Waals surface area contributed by atoms with Crippen LogP contribution in [0.2, 0.25) is 0 Å². The van der Waals surface area contributed by atoms with Crippen molar-refractivity contribution in [3.63, 3.8) is 0 Å². The normalized spacial score (nSPS) is 10.9. The molecule has 3 aromatic carbocycles. The van der Waals surface area contributed by atoms with Crippen LogP contribution in [0.1, 0.15) is 47.8 Å². The molecule has 0 spiro atoms. The molecule has 3 amide bonds. The van der Waals surface area contributed by atoms with Crippen molar-refractivity contribution in [2.75, 3.05) is 55.2 Å². The topological polar surface area (TPSA) is 165 Å². The Morgan fingerprint density at radius 2 is 0.638 bits per heavy atom. The van der Waals surface area contributed by atoms with Gasteiger partial charge in [-0.3, -0.25) is 34.2 Å². The van der Waals surface area contributed by atoms with Crippen LogP contribution in [0.25, 0.3) is 0 Å². The van der Waals surface area contributed by atoms with Crippen LogP contribution in [0.3, 0.4) is 0 Å². The van der Waals surface area contributed by atoms with Crippen molar-refractivity contribution in [1.29, 1.82) is 0 Å². The largest absolute Gasteiger partial charge is 0.322 e. The van der Waals surface area contributed by atoms with Crippen LogP contribution in [-0.4, -0.2) is 76.8 Å². The molecular formula is C45H48N10O3. The molecule has 6 rings (SSSR count). The highest BCUT2D eigenvalue weighted by Crippen LogP contribution is 2.12. The Morgan fingerprint density at radius 1 is 0.379 bits per heavy atom. The first-order valence-corrected chi connectivity index (χ1v) is 19.2. The first-order chi connectivity index (χ1) is 28.5. The van der Waals surface area contributed by atoms with Gasteiger partial charge in [0.15, 0.2) is 0 Å². The number of hydrogen-bond donors (Lipinski definition) is 6. The molecule has 13 nitrogen and oxygen atoms in total. The predicted molar refractivity (Wildman–Crippen MR) is 227 cm³/mol. The van der Waals surface area contributed by atoms with Crippen LogP contribution in [0, 0.1) is 0 Å². The molecule has 13 heteroatoms. The molecule has 0 saturated heterocycles. The quantitative estimate of drug-likeness (QED) is 0.0507. The zero-order valence-electron chi connectivity index (χ0n) is 32.2. The fourth-order valence-electron chi connectivity index (χ4n) is 5.98. The molecular weight excluding hydrogens is 729 g/mol. The van der Waals surface area contributed by atoms with Crippen LogP contribution in [0.15, 0.2) is 146 Å². The van der Waals surface area contributed by atoms with E-state index in [4.69, 9.17) is 0 Å². The molecule has 6 aromatic rings. The maximum atomic E-state index is 12.6. The molecule has 6 N–H and O–H groups in total. The minimum atomic E-state index is -0.161. The Bertz CT molecular complexity index is 1910. The lowest BCUT2D eigenvalue weighted by Crippen LogP contribution is -2.40. The van der Waals surface area contributed by atoms with Gasteiger partial charge < -0.3 is 31.9 Å². The number of rotatable bonds is 21. The second-order valence-electron chi connectivity index (χ2n) is 13.5. The Kier molecular flexibility index (Phi) is 15.7. The lowest BCUT2D eigenvalue weighted by molar-refractivity contribution is 0.101. The van der Waals surface area contributed by atoms with Crippen molar-refractivity contribution < 1.29 is 14.4 Å². The summed E-state index contributed by atoms with van der Waals surface area (Å²) in [5, 5.41) is 19.3. The number of carbonyl (C=O) groups excluding carboxylic acids is 3. The first-order valence-electron chi connectivity index (χ1n) is 19.2. The number of benzene rings is 3. The van der Waals surface area contributed by atoms with Crippen LogP contribution in [0.4, 0.5) is 17.1 Å². The second-order valence-corrected chi connectivity index (χ2v) is 13.5. The fourth-order valence-corrected chi connectivity index (χ4v) is 5.98. The Labute approximate surface area is 338 Å². The number of nitrogens with one attached hydrogen (secondary N) is 6. The van der Waals surface area contributed by atoms with Crippen LogP contribution in [0.5, 0.6) is 0 Å². The van der Waals surface area contributed by atoms with E-state index in [-0.39, 0.29) is 17.7 Å². The summed E-state index contributed by atoms with van der Waals surface area (Å²) >= 11 is 0. The van der Waals surface area contributed by atoms with Gasteiger partial charge in [0.1, 0.15) is 0 Å². The van der Waals surface area contributed by atoms with Crippen molar-refractivity contribution in [3.05, 3.63) is 180 Å². The molecule has 3 heterocycles. The fraction of sp³-hybridized carbons (Fsp3) is 0.200. The molecule has 296 valence electrons. The Morgan fingerprint density at radius 3 is 0.897 bits per heavy atom. The average molecular weight is 777 g/mol. The van der Waals surface area contributed by atoms with Crippen LogP contribution < -0.4 is 31.9 Å². The number of amides is 3. The van der Waals surface area contributed by atoms with Gasteiger partial charge in [-0.15, -0.1) is 0 Å². The third-order valence-electron chi connectivity index (χ3n) is 9.26. The molecule has 0 aliphatic rings. The Balaban J connectivity index is 0.947. The molecule has 0 aliphatic heterocycles. The number of aromatic nitrogens is 3. The number of hydrogen-bond acceptors (Lipinski definition) is 10. The third-order valence-corrected chi connectivity index (χ3v) is 9.26. The van der Waals surface area contributed by atoms with Gasteiger partial charge in [0.25, 0.3) is 17.7 Å². The summed E-state index contributed by atoms with van der Waals surface area (Å²) in [6, 6.07) is 33.4. The number of anilines is 3. The maximum absolute atomic E-state index is 12.6. The van der Waals surface area contributed by atoms with E-state index in [2.05, 4.69) is 51.8 Å². The summed E-state index contributed by atoms with van der Waals surface area (Å²) in [5.41, 5.74) is 7.18. The van der Waals surface area contributed by atoms with E-state index < -0.39 is 0 Å². The van der Waals surface area contributed by atoms with E-state index >= 15 is 0 Å². The number of carbonyl (C=O) groups is 3. The van der Waals surface area contributed by atoms with Crippen molar-refractivity contribution in [3.8, 4) is 0 Å². The molecule has 0 bridgehead atoms. The third kappa shape index (κ3) is 13.5. The van der Waals surface area contributed by atoms with Crippen molar-refractivity contribution in [1.82, 2.24) is 35.8 Å². The minimum absolute atomic E-state index is 0.161. The molecule has 0 unspecified atom stereocenters. The smallest absolute Gasteiger partial charge is 0.255 e. The van der Waals surface area contributed by atoms with Crippen LogP contribution >= 0.6 is 0 Å². The van der Waals surface area contributed by atoms with Gasteiger partial charge in [-0.05, 0) is 89.5 Å². The van der Waals surface area contributed by atoms with Gasteiger partial charge in [0.05, 0.1) is 0 Å². The van der Waals surface area contributed by atoms with E-state index in [1.54, 1.807) is 73.6 Å². The standard InChI is InChI=1S/C45H48N10O3/c56-43(52-40-13-19-46-20-14-40)37-7-1-34(2-8-37)31-49-25-28-55(29-26-50-32-35-3-9-38(10-4-35)44(57)53-41-15-21-47-22-16-41)30-27-51-33-36-5-11-39(12-6-36)45(58)54-42-17-23-48-24-18-42/h1-24,49-51H,25-33H2,(H,46,52,56)(H,47,53,57)(H,48,54,58). The van der Waals surface area contributed by atoms with Crippen LogP contribution in [-0.2, 0) is 19.6 Å². The Hall–Kier alpha value is -6.64. The van der Waals surface area contributed by atoms with Crippen molar-refractivity contribution in [2.45, 2.75) is 19.6 Å². The average Bonchev–Trinajstić information content (AvgIpc) is 3.26. The molecule has 3 aromatic heterocycles. The molecule has 0 saturated carbocycles. The van der Waals surface area contributed by atoms with Gasteiger partial charge in [0.2, 0.25) is 0 Å². The van der Waals surface area contributed by atoms with Gasteiger partial charge in [0, 0.05) is 130 Å². The van der Waals surface area contributed by atoms with Crippen molar-refractivity contribution in [2.24, 2.45) is 0 Å². The number of pyridine rings is 3. The van der Waals surface area contributed by atoms with Gasteiger partial charge >= 0.3 is 0 Å². The summed E-state index contributed by atoms with van der Waals surface area (Å²) in [4.78, 5) is 52.3. The summed E-state index contributed by atoms with van der Waals surface area (Å²) in [7, 11) is 0. The zero-order valence-corrected chi connectivity index (χ0v) is 32.2. The van der Waals surface area contributed by atoms with Gasteiger partial charge in [-0.2, -0.15) is 0 Å². The molecule has 0 fully saturated rings. The van der Waals surface area contributed by atoms with E-state index in [1.165, 1.54) is 0 Å². The highest BCUT2D eigenvalue weighted by Gasteiger charge is 2.10. The van der Waals surface area contributed by atoms with E-state index in [0.717, 1.165) is 56.0 Å². The lowest BCUT2D eigenvalue weighted by Gasteiger charge is -2.23. The summed E-state index contributed by atoms with van der Waals surface area (Å²) in [6.45, 7) is 6.95. The van der Waals surface area contributed by atoms with E-state index in [0.29, 0.717) is 53.4 Å². The predicted octanol–water partition coefficient (Wildman–Crippen LogP) is 5.60. The minimum Gasteiger partial charge on any atom is -0.322 e. The highest BCUT2D eigenvalue weighted by atomic mass is 16.2. The lowest BCUT2D eigenvalue weighted by atomic mass is 10.1. The summed E-state index contributed by atoms with van der Waals surface area (Å²) < 4.78 is 0. The molecule has 0 aliphatic carbocycles. The second kappa shape index (κ2) is 22.2. The SMILES string of the molecule is O=C(Nc1ccncc1)c1ccc(CNCCN(CCNCc2ccc(C(=O)Nc3ccncc3)cc2)CCNCc2ccc(C(=O)Nc3ccncc3)cc2)cc1. The molecule has 0 atom stereocenters. The van der Waals surface area contributed by atoms with Gasteiger partial charge in [-0.25, -0.2) is 0 Å². The zero-order chi connectivity index (χ0) is 40.2. The monoisotopic (exact) mass is 776 g/mol. The summed E-state index contributed by atoms with van der Waals surface area (Å²) in [6.07, 6.45) is 9.86. The first kappa shape index (κ1) is 41.0. The number of nitrogens with zero attached hydrogens (tertiary/aromatic N) is 4. The van der Waals surface area contributed by atoms with Gasteiger partial charge in [-0.1, -0.05) is 36.4 Å². The maximum Gasteiger partial charge on any atom is 0.255 e. The van der Waals surface area contributed by atoms with Crippen molar-refractivity contribution >= 4 is 34.8 Å². The molecule has 0 radical (unpaired) electrons. The summed E-state index contributed by atoms with van der Waals surface area (Å²) in [5.74, 6) is -0.482. The molecule has 58 heavy (non-hydrogen) atoms. The van der Waals surface area contributed by atoms with E-state index in [1.807, 2.05) is 72.8 Å². The highest BCUT2D eigenvalue weighted by molar-refractivity contribution is 6.05.